The summed E-state index contributed by atoms with van der Waals surface area (Å²) in [7, 11) is 0. The monoisotopic (exact) mass is 314 g/mol. The lowest BCUT2D eigenvalue weighted by Gasteiger charge is -2.56. The first kappa shape index (κ1) is 15.3. The topological polar surface area (TPSA) is 34.0 Å². The standard InChI is InChI=1S/C20H30N2O/c1-12(2)22-13(3)5-18(14(22)4)19(23)21-20-9-15-6-16(10-20)8-17(7-15)11-20/h5,12,15-17H,6-11H2,1-4H3,(H,21,23). The molecule has 0 atom stereocenters. The Bertz CT molecular complexity index is 605. The van der Waals surface area contributed by atoms with Gasteiger partial charge >= 0.3 is 0 Å². The van der Waals surface area contributed by atoms with E-state index in [4.69, 9.17) is 0 Å². The predicted molar refractivity (Wildman–Crippen MR) is 92.7 cm³/mol. The number of hydrogen-bond acceptors (Lipinski definition) is 1. The molecule has 4 bridgehead atoms. The second-order valence-corrected chi connectivity index (χ2v) is 8.90. The van der Waals surface area contributed by atoms with Gasteiger partial charge in [-0.1, -0.05) is 0 Å². The van der Waals surface area contributed by atoms with E-state index in [0.717, 1.165) is 29.0 Å². The van der Waals surface area contributed by atoms with E-state index in [0.29, 0.717) is 6.04 Å². The third kappa shape index (κ3) is 2.43. The van der Waals surface area contributed by atoms with Crippen LogP contribution in [-0.4, -0.2) is 16.0 Å². The molecule has 23 heavy (non-hydrogen) atoms. The summed E-state index contributed by atoms with van der Waals surface area (Å²) in [6.45, 7) is 8.55. The SMILES string of the molecule is Cc1cc(C(=O)NC23CC4CC(CC(C4)C2)C3)c(C)n1C(C)C. The van der Waals surface area contributed by atoms with E-state index < -0.39 is 0 Å². The smallest absolute Gasteiger partial charge is 0.253 e. The molecule has 0 radical (unpaired) electrons. The number of nitrogens with one attached hydrogen (secondary N) is 1. The van der Waals surface area contributed by atoms with Crippen molar-refractivity contribution in [1.29, 1.82) is 0 Å². The number of amides is 1. The summed E-state index contributed by atoms with van der Waals surface area (Å²) >= 11 is 0. The lowest BCUT2D eigenvalue weighted by molar-refractivity contribution is -0.0167. The zero-order chi connectivity index (χ0) is 16.4. The van der Waals surface area contributed by atoms with Gasteiger partial charge in [-0.05, 0) is 90.0 Å². The summed E-state index contributed by atoms with van der Waals surface area (Å²) in [5.41, 5.74) is 3.28. The minimum atomic E-state index is 0.103. The molecule has 4 saturated carbocycles. The second kappa shape index (κ2) is 5.12. The normalized spacial score (nSPS) is 35.1. The van der Waals surface area contributed by atoms with Crippen molar-refractivity contribution in [3.05, 3.63) is 23.0 Å². The molecule has 1 aromatic rings. The Morgan fingerprint density at radius 2 is 1.65 bits per heavy atom. The molecule has 0 aromatic carbocycles. The van der Waals surface area contributed by atoms with Gasteiger partial charge in [-0.15, -0.1) is 0 Å². The zero-order valence-electron chi connectivity index (χ0n) is 15.0. The van der Waals surface area contributed by atoms with E-state index in [2.05, 4.69) is 43.6 Å². The van der Waals surface area contributed by atoms with Crippen LogP contribution in [0.5, 0.6) is 0 Å². The van der Waals surface area contributed by atoms with Gasteiger partial charge in [0.1, 0.15) is 0 Å². The van der Waals surface area contributed by atoms with Gasteiger partial charge in [-0.2, -0.15) is 0 Å². The Morgan fingerprint density at radius 3 is 2.09 bits per heavy atom. The molecule has 4 aliphatic carbocycles. The Balaban J connectivity index is 1.58. The van der Waals surface area contributed by atoms with Gasteiger partial charge in [0.05, 0.1) is 5.56 Å². The van der Waals surface area contributed by atoms with E-state index in [9.17, 15) is 4.79 Å². The number of hydrogen-bond donors (Lipinski definition) is 1. The molecule has 3 nitrogen and oxygen atoms in total. The Labute approximate surface area is 139 Å². The van der Waals surface area contributed by atoms with Crippen LogP contribution in [0, 0.1) is 31.6 Å². The van der Waals surface area contributed by atoms with Crippen LogP contribution >= 0.6 is 0 Å². The fourth-order valence-corrected chi connectivity index (χ4v) is 6.37. The van der Waals surface area contributed by atoms with Crippen molar-refractivity contribution in [2.24, 2.45) is 17.8 Å². The summed E-state index contributed by atoms with van der Waals surface area (Å²) in [6.07, 6.45) is 7.89. The molecule has 0 aliphatic heterocycles. The lowest BCUT2D eigenvalue weighted by Crippen LogP contribution is -2.59. The maximum atomic E-state index is 13.0. The molecule has 1 aromatic heterocycles. The van der Waals surface area contributed by atoms with Gasteiger partial charge in [0.2, 0.25) is 0 Å². The molecule has 1 amide bonds. The van der Waals surface area contributed by atoms with Crippen LogP contribution in [0.1, 0.15) is 80.2 Å². The van der Waals surface area contributed by atoms with Crippen molar-refractivity contribution in [3.8, 4) is 0 Å². The molecule has 1 heterocycles. The highest BCUT2D eigenvalue weighted by atomic mass is 16.1. The van der Waals surface area contributed by atoms with Gasteiger partial charge in [-0.25, -0.2) is 0 Å². The minimum absolute atomic E-state index is 0.103. The fraction of sp³-hybridized carbons (Fsp3) is 0.750. The number of aromatic nitrogens is 1. The highest BCUT2D eigenvalue weighted by Crippen LogP contribution is 2.55. The molecular formula is C20H30N2O. The highest BCUT2D eigenvalue weighted by molar-refractivity contribution is 5.96. The quantitative estimate of drug-likeness (QED) is 0.882. The lowest BCUT2D eigenvalue weighted by atomic mass is 9.53. The molecule has 0 saturated heterocycles. The number of rotatable bonds is 3. The van der Waals surface area contributed by atoms with Crippen molar-refractivity contribution in [2.75, 3.05) is 0 Å². The van der Waals surface area contributed by atoms with Crippen LogP contribution in [0.2, 0.25) is 0 Å². The van der Waals surface area contributed by atoms with Crippen LogP contribution in [0.3, 0.4) is 0 Å². The summed E-state index contributed by atoms with van der Waals surface area (Å²) in [4.78, 5) is 13.0. The first-order valence-electron chi connectivity index (χ1n) is 9.38. The van der Waals surface area contributed by atoms with Crippen LogP contribution in [0.25, 0.3) is 0 Å². The van der Waals surface area contributed by atoms with Gasteiger partial charge in [-0.3, -0.25) is 4.79 Å². The Morgan fingerprint density at radius 1 is 1.13 bits per heavy atom. The third-order valence-electron chi connectivity index (χ3n) is 6.66. The molecule has 5 rings (SSSR count). The second-order valence-electron chi connectivity index (χ2n) is 8.90. The summed E-state index contributed by atoms with van der Waals surface area (Å²) in [5, 5.41) is 3.51. The predicted octanol–water partition coefficient (Wildman–Crippen LogP) is 4.38. The molecule has 126 valence electrons. The van der Waals surface area contributed by atoms with Gasteiger partial charge in [0, 0.05) is 23.0 Å². The number of carbonyl (C=O) groups is 1. The molecule has 0 spiro atoms. The maximum Gasteiger partial charge on any atom is 0.253 e. The molecular weight excluding hydrogens is 284 g/mol. The van der Waals surface area contributed by atoms with Crippen LogP contribution in [0.4, 0.5) is 0 Å². The van der Waals surface area contributed by atoms with Crippen LogP contribution in [0.15, 0.2) is 6.07 Å². The maximum absolute atomic E-state index is 13.0. The number of aryl methyl sites for hydroxylation is 1. The minimum Gasteiger partial charge on any atom is -0.347 e. The molecule has 3 heteroatoms. The third-order valence-corrected chi connectivity index (χ3v) is 6.66. The van der Waals surface area contributed by atoms with Crippen LogP contribution < -0.4 is 5.32 Å². The van der Waals surface area contributed by atoms with Gasteiger partial charge in [0.15, 0.2) is 0 Å². The molecule has 4 fully saturated rings. The average Bonchev–Trinajstić information content (AvgIpc) is 2.71. The Kier molecular flexibility index (Phi) is 3.40. The summed E-state index contributed by atoms with van der Waals surface area (Å²) in [5.74, 6) is 2.76. The number of nitrogens with zero attached hydrogens (tertiary/aromatic N) is 1. The first-order chi connectivity index (χ1) is 10.9. The highest BCUT2D eigenvalue weighted by Gasteiger charge is 2.51. The van der Waals surface area contributed by atoms with Crippen molar-refractivity contribution in [3.63, 3.8) is 0 Å². The van der Waals surface area contributed by atoms with Crippen molar-refractivity contribution < 1.29 is 4.79 Å². The molecule has 4 aliphatic rings. The Hall–Kier alpha value is -1.25. The molecule has 0 unspecified atom stereocenters. The van der Waals surface area contributed by atoms with E-state index >= 15 is 0 Å². The molecule has 1 N–H and O–H groups in total. The van der Waals surface area contributed by atoms with Crippen molar-refractivity contribution in [2.45, 2.75) is 77.8 Å². The van der Waals surface area contributed by atoms with Crippen molar-refractivity contribution >= 4 is 5.91 Å². The van der Waals surface area contributed by atoms with E-state index in [1.807, 2.05) is 0 Å². The fourth-order valence-electron chi connectivity index (χ4n) is 6.37. The van der Waals surface area contributed by atoms with E-state index in [-0.39, 0.29) is 11.4 Å². The summed E-state index contributed by atoms with van der Waals surface area (Å²) in [6, 6.07) is 2.47. The van der Waals surface area contributed by atoms with Crippen molar-refractivity contribution in [1.82, 2.24) is 9.88 Å². The zero-order valence-corrected chi connectivity index (χ0v) is 15.0. The average molecular weight is 314 g/mol. The first-order valence-corrected chi connectivity index (χ1v) is 9.38. The largest absolute Gasteiger partial charge is 0.347 e. The van der Waals surface area contributed by atoms with Gasteiger partial charge in [0.25, 0.3) is 5.91 Å². The number of carbonyl (C=O) groups excluding carboxylic acids is 1. The van der Waals surface area contributed by atoms with Crippen LogP contribution in [-0.2, 0) is 0 Å². The van der Waals surface area contributed by atoms with Gasteiger partial charge < -0.3 is 9.88 Å². The summed E-state index contributed by atoms with van der Waals surface area (Å²) < 4.78 is 2.27. The van der Waals surface area contributed by atoms with E-state index in [1.165, 1.54) is 44.2 Å². The van der Waals surface area contributed by atoms with E-state index in [1.54, 1.807) is 0 Å².